The molecule has 0 amide bonds. The molecule has 0 bridgehead atoms. The Morgan fingerprint density at radius 1 is 1.44 bits per heavy atom. The molecule has 98 valence electrons. The van der Waals surface area contributed by atoms with Crippen LogP contribution in [0.2, 0.25) is 0 Å². The Bertz CT molecular complexity index is 439. The Hall–Kier alpha value is -1.71. The maximum Gasteiger partial charge on any atom is 0.337 e. The lowest BCUT2D eigenvalue weighted by Gasteiger charge is -2.22. The third-order valence-electron chi connectivity index (χ3n) is 3.83. The van der Waals surface area contributed by atoms with E-state index in [-0.39, 0.29) is 5.56 Å². The van der Waals surface area contributed by atoms with Gasteiger partial charge in [-0.05, 0) is 37.8 Å². The number of rotatable bonds is 4. The number of anilines is 2. The third kappa shape index (κ3) is 2.58. The van der Waals surface area contributed by atoms with Crippen molar-refractivity contribution in [3.05, 3.63) is 23.8 Å². The number of hydrogen-bond acceptors (Lipinski definition) is 3. The number of carboxylic acid groups (broad SMARTS) is 1. The number of nitrogens with two attached hydrogens (primary N) is 1. The molecule has 1 fully saturated rings. The van der Waals surface area contributed by atoms with Gasteiger partial charge in [-0.15, -0.1) is 0 Å². The van der Waals surface area contributed by atoms with Crippen molar-refractivity contribution in [2.75, 3.05) is 11.1 Å². The van der Waals surface area contributed by atoms with Gasteiger partial charge in [-0.25, -0.2) is 4.79 Å². The van der Waals surface area contributed by atoms with Gasteiger partial charge in [-0.1, -0.05) is 18.9 Å². The molecule has 4 nitrogen and oxygen atoms in total. The summed E-state index contributed by atoms with van der Waals surface area (Å²) in [4.78, 5) is 11.0. The highest BCUT2D eigenvalue weighted by atomic mass is 16.4. The molecule has 1 aliphatic carbocycles. The molecule has 4 heteroatoms. The third-order valence-corrected chi connectivity index (χ3v) is 3.83. The second-order valence-corrected chi connectivity index (χ2v) is 5.05. The van der Waals surface area contributed by atoms with E-state index in [1.165, 1.54) is 31.7 Å². The second kappa shape index (κ2) is 5.29. The second-order valence-electron chi connectivity index (χ2n) is 5.05. The first-order valence-electron chi connectivity index (χ1n) is 6.48. The van der Waals surface area contributed by atoms with Crippen LogP contribution in [0.1, 0.15) is 43.0 Å². The molecule has 4 N–H and O–H groups in total. The molecule has 0 radical (unpaired) electrons. The molecule has 0 heterocycles. The number of benzene rings is 1. The summed E-state index contributed by atoms with van der Waals surface area (Å²) in [6.45, 7) is 2.14. The number of aromatic carboxylic acids is 1. The number of carbonyl (C=O) groups is 1. The lowest BCUT2D eigenvalue weighted by Crippen LogP contribution is -2.24. The van der Waals surface area contributed by atoms with Crippen LogP contribution < -0.4 is 11.1 Å². The average Bonchev–Trinajstić information content (AvgIpc) is 2.85. The first-order chi connectivity index (χ1) is 8.59. The van der Waals surface area contributed by atoms with E-state index in [0.29, 0.717) is 17.6 Å². The van der Waals surface area contributed by atoms with Crippen LogP contribution in [-0.4, -0.2) is 17.1 Å². The van der Waals surface area contributed by atoms with Gasteiger partial charge < -0.3 is 16.2 Å². The lowest BCUT2D eigenvalue weighted by molar-refractivity contribution is 0.0698. The molecule has 0 aliphatic heterocycles. The van der Waals surface area contributed by atoms with Crippen LogP contribution in [0.5, 0.6) is 0 Å². The fourth-order valence-electron chi connectivity index (χ4n) is 2.70. The summed E-state index contributed by atoms with van der Waals surface area (Å²) in [5.74, 6) is -0.317. The van der Waals surface area contributed by atoms with E-state index in [1.807, 2.05) is 6.07 Å². The molecule has 1 unspecified atom stereocenters. The largest absolute Gasteiger partial charge is 0.478 e. The van der Waals surface area contributed by atoms with Gasteiger partial charge in [0.05, 0.1) is 16.9 Å². The predicted octanol–water partition coefficient (Wildman–Crippen LogP) is 2.96. The molecular formula is C14H20N2O2. The van der Waals surface area contributed by atoms with Gasteiger partial charge in [-0.2, -0.15) is 0 Å². The van der Waals surface area contributed by atoms with Gasteiger partial charge in [0, 0.05) is 6.04 Å². The minimum atomic E-state index is -0.982. The number of hydrogen-bond donors (Lipinski definition) is 3. The summed E-state index contributed by atoms with van der Waals surface area (Å²) in [5.41, 5.74) is 7.11. The van der Waals surface area contributed by atoms with Gasteiger partial charge in [0.15, 0.2) is 0 Å². The van der Waals surface area contributed by atoms with Crippen molar-refractivity contribution in [1.82, 2.24) is 0 Å². The minimum Gasteiger partial charge on any atom is -0.478 e. The number of carboxylic acids is 1. The van der Waals surface area contributed by atoms with Crippen LogP contribution in [0.4, 0.5) is 11.4 Å². The molecule has 0 spiro atoms. The van der Waals surface area contributed by atoms with Crippen molar-refractivity contribution in [3.63, 3.8) is 0 Å². The average molecular weight is 248 g/mol. The Labute approximate surface area is 107 Å². The van der Waals surface area contributed by atoms with E-state index in [1.54, 1.807) is 6.07 Å². The Balaban J connectivity index is 2.13. The zero-order valence-corrected chi connectivity index (χ0v) is 10.6. The number of para-hydroxylation sites is 1. The SMILES string of the molecule is CC(Nc1cccc(C(=O)O)c1N)C1CCCC1. The van der Waals surface area contributed by atoms with E-state index in [2.05, 4.69) is 12.2 Å². The normalized spacial score (nSPS) is 17.6. The highest BCUT2D eigenvalue weighted by molar-refractivity contribution is 5.97. The molecule has 2 rings (SSSR count). The van der Waals surface area contributed by atoms with Gasteiger partial charge in [-0.3, -0.25) is 0 Å². The molecule has 1 aromatic rings. The van der Waals surface area contributed by atoms with Crippen molar-refractivity contribution in [1.29, 1.82) is 0 Å². The quantitative estimate of drug-likeness (QED) is 0.716. The monoisotopic (exact) mass is 248 g/mol. The number of nitrogens with one attached hydrogen (secondary N) is 1. The van der Waals surface area contributed by atoms with Crippen LogP contribution >= 0.6 is 0 Å². The van der Waals surface area contributed by atoms with Crippen LogP contribution in [0.25, 0.3) is 0 Å². The van der Waals surface area contributed by atoms with E-state index in [4.69, 9.17) is 10.8 Å². The summed E-state index contributed by atoms with van der Waals surface area (Å²) in [7, 11) is 0. The summed E-state index contributed by atoms with van der Waals surface area (Å²) in [6, 6.07) is 5.43. The van der Waals surface area contributed by atoms with Gasteiger partial charge in [0.2, 0.25) is 0 Å². The van der Waals surface area contributed by atoms with E-state index in [0.717, 1.165) is 5.69 Å². The summed E-state index contributed by atoms with van der Waals surface area (Å²) < 4.78 is 0. The maximum absolute atomic E-state index is 11.0. The molecule has 18 heavy (non-hydrogen) atoms. The van der Waals surface area contributed by atoms with Crippen molar-refractivity contribution < 1.29 is 9.90 Å². The molecular weight excluding hydrogens is 228 g/mol. The fraction of sp³-hybridized carbons (Fsp3) is 0.500. The maximum atomic E-state index is 11.0. The van der Waals surface area contributed by atoms with E-state index in [9.17, 15) is 4.79 Å². The van der Waals surface area contributed by atoms with Gasteiger partial charge in [0.25, 0.3) is 0 Å². The zero-order valence-electron chi connectivity index (χ0n) is 10.6. The van der Waals surface area contributed by atoms with E-state index >= 15 is 0 Å². The van der Waals surface area contributed by atoms with Crippen LogP contribution in [-0.2, 0) is 0 Å². The summed E-state index contributed by atoms with van der Waals surface area (Å²) in [6.07, 6.45) is 5.07. The van der Waals surface area contributed by atoms with Crippen molar-refractivity contribution in [3.8, 4) is 0 Å². The first kappa shape index (κ1) is 12.7. The van der Waals surface area contributed by atoms with Crippen LogP contribution in [0, 0.1) is 5.92 Å². The van der Waals surface area contributed by atoms with Gasteiger partial charge >= 0.3 is 5.97 Å². The highest BCUT2D eigenvalue weighted by Gasteiger charge is 2.22. The Kier molecular flexibility index (Phi) is 3.75. The summed E-state index contributed by atoms with van der Waals surface area (Å²) >= 11 is 0. The molecule has 1 saturated carbocycles. The molecule has 0 saturated heterocycles. The Morgan fingerprint density at radius 3 is 2.72 bits per heavy atom. The Morgan fingerprint density at radius 2 is 2.11 bits per heavy atom. The molecule has 1 atom stereocenters. The highest BCUT2D eigenvalue weighted by Crippen LogP contribution is 2.31. The smallest absolute Gasteiger partial charge is 0.337 e. The lowest BCUT2D eigenvalue weighted by atomic mass is 9.99. The van der Waals surface area contributed by atoms with Gasteiger partial charge in [0.1, 0.15) is 0 Å². The molecule has 1 aliphatic rings. The molecule has 0 aromatic heterocycles. The fourth-order valence-corrected chi connectivity index (χ4v) is 2.70. The van der Waals surface area contributed by atoms with Crippen molar-refractivity contribution in [2.24, 2.45) is 5.92 Å². The predicted molar refractivity (Wildman–Crippen MR) is 72.9 cm³/mol. The topological polar surface area (TPSA) is 75.3 Å². The van der Waals surface area contributed by atoms with Crippen molar-refractivity contribution >= 4 is 17.3 Å². The van der Waals surface area contributed by atoms with Crippen molar-refractivity contribution in [2.45, 2.75) is 38.6 Å². The van der Waals surface area contributed by atoms with E-state index < -0.39 is 5.97 Å². The minimum absolute atomic E-state index is 0.165. The first-order valence-corrected chi connectivity index (χ1v) is 6.48. The van der Waals surface area contributed by atoms with Crippen LogP contribution in [0.15, 0.2) is 18.2 Å². The van der Waals surface area contributed by atoms with Crippen LogP contribution in [0.3, 0.4) is 0 Å². The zero-order chi connectivity index (χ0) is 13.1. The molecule has 1 aromatic carbocycles. The standard InChI is InChI=1S/C14H20N2O2/c1-9(10-5-2-3-6-10)16-12-8-4-7-11(13(12)15)14(17)18/h4,7-10,16H,2-3,5-6,15H2,1H3,(H,17,18). The number of nitrogen functional groups attached to an aromatic ring is 1. The summed E-state index contributed by atoms with van der Waals surface area (Å²) in [5, 5.41) is 12.4.